The largest absolute Gasteiger partial charge is 0.276 e. The van der Waals surface area contributed by atoms with Crippen LogP contribution >= 0.6 is 11.3 Å². The number of thiophene rings is 1. The average molecular weight is 730 g/mol. The van der Waals surface area contributed by atoms with Crippen molar-refractivity contribution in [2.45, 2.75) is 0 Å². The highest BCUT2D eigenvalue weighted by atomic mass is 32.1. The molecule has 0 fully saturated rings. The van der Waals surface area contributed by atoms with Crippen molar-refractivity contribution in [1.29, 1.82) is 0 Å². The normalized spacial score (nSPS) is 11.9. The number of aromatic nitrogens is 3. The minimum absolute atomic E-state index is 0.655. The molecule has 0 spiro atoms. The highest BCUT2D eigenvalue weighted by molar-refractivity contribution is 7.27. The summed E-state index contributed by atoms with van der Waals surface area (Å²) in [7, 11) is 0. The van der Waals surface area contributed by atoms with Gasteiger partial charge in [0.05, 0.1) is 27.1 Å². The summed E-state index contributed by atoms with van der Waals surface area (Å²) in [6, 6.07) is 67.4. The summed E-state index contributed by atoms with van der Waals surface area (Å²) in [6.45, 7) is 0. The van der Waals surface area contributed by atoms with E-state index in [1.807, 2.05) is 11.3 Å². The molecule has 0 saturated heterocycles. The Balaban J connectivity index is 1.26. The lowest BCUT2D eigenvalue weighted by molar-refractivity contribution is 0.998. The molecule has 56 heavy (non-hydrogen) atoms. The van der Waals surface area contributed by atoms with Gasteiger partial charge >= 0.3 is 0 Å². The zero-order valence-electron chi connectivity index (χ0n) is 30.1. The molecule has 0 aliphatic rings. The third kappa shape index (κ3) is 4.57. The Labute approximate surface area is 326 Å². The summed E-state index contributed by atoms with van der Waals surface area (Å²) in [6.07, 6.45) is 0. The second-order valence-electron chi connectivity index (χ2n) is 14.5. The standard InChI is InChI=1S/C52H31N3S/c1-3-15-32(16-4-1)33-27-29-35(30-28-33)43-31-42(34-17-5-2-6-18-34)53-52(54-43)55-44-25-13-11-23-40(44)48-46-38-21-9-7-19-36(38)37-20-8-10-22-39(37)47(46)49-41-24-12-14-26-45(41)56-51(49)50(48)55/h1-31H. The summed E-state index contributed by atoms with van der Waals surface area (Å²) in [4.78, 5) is 10.9. The van der Waals surface area contributed by atoms with Gasteiger partial charge in [-0.1, -0.05) is 170 Å². The third-order valence-corrected chi connectivity index (χ3v) is 12.6. The van der Waals surface area contributed by atoms with Gasteiger partial charge in [0.15, 0.2) is 0 Å². The Morgan fingerprint density at radius 3 is 1.48 bits per heavy atom. The quantitative estimate of drug-likeness (QED) is 0.169. The molecular formula is C52H31N3S. The van der Waals surface area contributed by atoms with Gasteiger partial charge in [0.25, 0.3) is 0 Å². The van der Waals surface area contributed by atoms with E-state index in [0.29, 0.717) is 5.95 Å². The minimum Gasteiger partial charge on any atom is -0.276 e. The van der Waals surface area contributed by atoms with Crippen molar-refractivity contribution in [3.63, 3.8) is 0 Å². The maximum Gasteiger partial charge on any atom is 0.235 e. The maximum atomic E-state index is 5.48. The Morgan fingerprint density at radius 2 is 0.821 bits per heavy atom. The predicted octanol–water partition coefficient (Wildman–Crippen LogP) is 14.4. The Hall–Kier alpha value is -7.14. The van der Waals surface area contributed by atoms with Crippen molar-refractivity contribution in [1.82, 2.24) is 14.5 Å². The predicted molar refractivity (Wildman–Crippen MR) is 238 cm³/mol. The van der Waals surface area contributed by atoms with Crippen molar-refractivity contribution >= 4 is 85.6 Å². The van der Waals surface area contributed by atoms with Gasteiger partial charge in [-0.15, -0.1) is 11.3 Å². The fourth-order valence-corrected chi connectivity index (χ4v) is 10.2. The fraction of sp³-hybridized carbons (Fsp3) is 0. The highest BCUT2D eigenvalue weighted by Gasteiger charge is 2.26. The van der Waals surface area contributed by atoms with E-state index in [9.17, 15) is 0 Å². The molecule has 0 aliphatic carbocycles. The van der Waals surface area contributed by atoms with Crippen molar-refractivity contribution in [2.75, 3.05) is 0 Å². The number of para-hydroxylation sites is 1. The zero-order chi connectivity index (χ0) is 36.7. The topological polar surface area (TPSA) is 30.7 Å². The molecule has 0 saturated carbocycles. The maximum absolute atomic E-state index is 5.48. The molecule has 12 aromatic rings. The van der Waals surface area contributed by atoms with Crippen LogP contribution in [-0.2, 0) is 0 Å². The first-order valence-electron chi connectivity index (χ1n) is 19.0. The molecule has 9 aromatic carbocycles. The van der Waals surface area contributed by atoms with E-state index in [2.05, 4.69) is 193 Å². The monoisotopic (exact) mass is 729 g/mol. The summed E-state index contributed by atoms with van der Waals surface area (Å²) < 4.78 is 4.86. The van der Waals surface area contributed by atoms with Crippen molar-refractivity contribution in [3.8, 4) is 39.6 Å². The molecule has 0 atom stereocenters. The van der Waals surface area contributed by atoms with Crippen LogP contribution in [-0.4, -0.2) is 14.5 Å². The number of benzene rings is 9. The first kappa shape index (κ1) is 31.2. The Morgan fingerprint density at radius 1 is 0.357 bits per heavy atom. The van der Waals surface area contributed by atoms with Gasteiger partial charge in [0.1, 0.15) is 0 Å². The van der Waals surface area contributed by atoms with Crippen LogP contribution in [0, 0.1) is 0 Å². The summed E-state index contributed by atoms with van der Waals surface area (Å²) in [5, 5.41) is 12.6. The van der Waals surface area contributed by atoms with Crippen LogP contribution in [0.4, 0.5) is 0 Å². The smallest absolute Gasteiger partial charge is 0.235 e. The van der Waals surface area contributed by atoms with Crippen molar-refractivity contribution < 1.29 is 0 Å². The lowest BCUT2D eigenvalue weighted by Gasteiger charge is -2.15. The van der Waals surface area contributed by atoms with Crippen LogP contribution in [0.2, 0.25) is 0 Å². The molecule has 0 aliphatic heterocycles. The van der Waals surface area contributed by atoms with Gasteiger partial charge in [-0.3, -0.25) is 4.57 Å². The van der Waals surface area contributed by atoms with Crippen LogP contribution < -0.4 is 0 Å². The van der Waals surface area contributed by atoms with E-state index in [4.69, 9.17) is 9.97 Å². The summed E-state index contributed by atoms with van der Waals surface area (Å²) in [5.41, 5.74) is 8.45. The van der Waals surface area contributed by atoms with Crippen LogP contribution in [0.15, 0.2) is 188 Å². The van der Waals surface area contributed by atoms with E-state index in [1.54, 1.807) is 0 Å². The van der Waals surface area contributed by atoms with Crippen LogP contribution in [0.3, 0.4) is 0 Å². The molecular weight excluding hydrogens is 699 g/mol. The molecule has 0 radical (unpaired) electrons. The summed E-state index contributed by atoms with van der Waals surface area (Å²) in [5.74, 6) is 0.655. The zero-order valence-corrected chi connectivity index (χ0v) is 31.0. The van der Waals surface area contributed by atoms with Gasteiger partial charge in [-0.25, -0.2) is 9.97 Å². The molecule has 3 aromatic heterocycles. The Kier molecular flexibility index (Phi) is 6.80. The van der Waals surface area contributed by atoms with Crippen LogP contribution in [0.1, 0.15) is 0 Å². The molecule has 0 N–H and O–H groups in total. The first-order chi connectivity index (χ1) is 27.8. The number of nitrogens with zero attached hydrogens (tertiary/aromatic N) is 3. The van der Waals surface area contributed by atoms with E-state index in [1.165, 1.54) is 74.4 Å². The van der Waals surface area contributed by atoms with E-state index < -0.39 is 0 Å². The van der Waals surface area contributed by atoms with Gasteiger partial charge < -0.3 is 0 Å². The number of hydrogen-bond acceptors (Lipinski definition) is 3. The molecule has 12 rings (SSSR count). The Bertz CT molecular complexity index is 3510. The molecule has 0 bridgehead atoms. The first-order valence-corrected chi connectivity index (χ1v) is 19.8. The lowest BCUT2D eigenvalue weighted by Crippen LogP contribution is -2.04. The molecule has 0 amide bonds. The van der Waals surface area contributed by atoms with Crippen LogP contribution in [0.5, 0.6) is 0 Å². The lowest BCUT2D eigenvalue weighted by atomic mass is 9.89. The molecule has 260 valence electrons. The fourth-order valence-electron chi connectivity index (χ4n) is 8.94. The van der Waals surface area contributed by atoms with Gasteiger partial charge in [0, 0.05) is 48.1 Å². The van der Waals surface area contributed by atoms with Gasteiger partial charge in [-0.05, 0) is 50.9 Å². The SMILES string of the molecule is c1ccc(-c2ccc(-c3cc(-c4ccccc4)nc(-n4c5ccccc5c5c6c7ccccc7c7ccccc7c6c6c7ccccc7sc6c54)n3)cc2)cc1. The second kappa shape index (κ2) is 12.2. The minimum atomic E-state index is 0.655. The second-order valence-corrected chi connectivity index (χ2v) is 15.5. The van der Waals surface area contributed by atoms with Gasteiger partial charge in [-0.2, -0.15) is 0 Å². The number of fused-ring (bicyclic) bond motifs is 15. The van der Waals surface area contributed by atoms with Crippen molar-refractivity contribution in [3.05, 3.63) is 188 Å². The van der Waals surface area contributed by atoms with Crippen molar-refractivity contribution in [2.24, 2.45) is 0 Å². The molecule has 0 unspecified atom stereocenters. The van der Waals surface area contributed by atoms with Crippen LogP contribution in [0.25, 0.3) is 114 Å². The van der Waals surface area contributed by atoms with E-state index >= 15 is 0 Å². The van der Waals surface area contributed by atoms with E-state index in [0.717, 1.165) is 33.5 Å². The number of rotatable bonds is 4. The molecule has 4 heteroatoms. The van der Waals surface area contributed by atoms with E-state index in [-0.39, 0.29) is 0 Å². The highest BCUT2D eigenvalue weighted by Crippen LogP contribution is 2.51. The molecule has 3 heterocycles. The number of hydrogen-bond donors (Lipinski definition) is 0. The average Bonchev–Trinajstić information content (AvgIpc) is 3.84. The summed E-state index contributed by atoms with van der Waals surface area (Å²) >= 11 is 1.87. The molecule has 3 nitrogen and oxygen atoms in total. The van der Waals surface area contributed by atoms with Gasteiger partial charge in [0.2, 0.25) is 5.95 Å². The third-order valence-electron chi connectivity index (χ3n) is 11.4.